The zero-order chi connectivity index (χ0) is 20.0. The SMILES string of the molecule is CCOCCOCc1cccc(CNC(=NC)NCCc2cccc(Cl)c2)c1.I. The summed E-state index contributed by atoms with van der Waals surface area (Å²) in [5.41, 5.74) is 3.54. The van der Waals surface area contributed by atoms with Crippen molar-refractivity contribution in [1.29, 1.82) is 0 Å². The largest absolute Gasteiger partial charge is 0.379 e. The molecule has 2 rings (SSSR count). The van der Waals surface area contributed by atoms with Crippen LogP contribution < -0.4 is 10.6 Å². The lowest BCUT2D eigenvalue weighted by atomic mass is 10.1. The number of nitrogens with zero attached hydrogens (tertiary/aromatic N) is 1. The summed E-state index contributed by atoms with van der Waals surface area (Å²) < 4.78 is 10.9. The van der Waals surface area contributed by atoms with E-state index in [1.165, 1.54) is 11.1 Å². The lowest BCUT2D eigenvalue weighted by Gasteiger charge is -2.13. The second kappa shape index (κ2) is 15.5. The molecule has 2 aromatic carbocycles. The van der Waals surface area contributed by atoms with Gasteiger partial charge in [-0.25, -0.2) is 0 Å². The van der Waals surface area contributed by atoms with Gasteiger partial charge in [0, 0.05) is 31.8 Å². The summed E-state index contributed by atoms with van der Waals surface area (Å²) >= 11 is 6.03. The summed E-state index contributed by atoms with van der Waals surface area (Å²) in [5, 5.41) is 7.45. The Bertz CT molecular complexity index is 744. The highest BCUT2D eigenvalue weighted by atomic mass is 127. The van der Waals surface area contributed by atoms with Crippen LogP contribution in [0, 0.1) is 0 Å². The predicted molar refractivity (Wildman–Crippen MR) is 131 cm³/mol. The quantitative estimate of drug-likeness (QED) is 0.195. The molecule has 0 aliphatic carbocycles. The fourth-order valence-electron chi connectivity index (χ4n) is 2.71. The van der Waals surface area contributed by atoms with E-state index in [4.69, 9.17) is 21.1 Å². The molecule has 0 atom stereocenters. The van der Waals surface area contributed by atoms with Crippen LogP contribution in [0.4, 0.5) is 0 Å². The van der Waals surface area contributed by atoms with Crippen molar-refractivity contribution >= 4 is 41.5 Å². The first-order valence-corrected chi connectivity index (χ1v) is 10.0. The van der Waals surface area contributed by atoms with Gasteiger partial charge in [-0.1, -0.05) is 48.0 Å². The van der Waals surface area contributed by atoms with Crippen LogP contribution in [-0.2, 0) is 29.0 Å². The lowest BCUT2D eigenvalue weighted by molar-refractivity contribution is 0.0453. The third kappa shape index (κ3) is 10.8. The van der Waals surface area contributed by atoms with Gasteiger partial charge in [-0.15, -0.1) is 24.0 Å². The molecule has 0 saturated heterocycles. The van der Waals surface area contributed by atoms with Gasteiger partial charge in [0.25, 0.3) is 0 Å². The second-order valence-electron chi connectivity index (χ2n) is 6.30. The van der Waals surface area contributed by atoms with Crippen LogP contribution in [-0.4, -0.2) is 39.4 Å². The summed E-state index contributed by atoms with van der Waals surface area (Å²) in [6, 6.07) is 16.3. The van der Waals surface area contributed by atoms with Crippen LogP contribution in [0.5, 0.6) is 0 Å². The van der Waals surface area contributed by atoms with Gasteiger partial charge < -0.3 is 20.1 Å². The Balaban J connectivity index is 0.00000420. The lowest BCUT2D eigenvalue weighted by Crippen LogP contribution is -2.37. The summed E-state index contributed by atoms with van der Waals surface area (Å²) in [6.45, 7) is 6.02. The molecule has 0 amide bonds. The molecule has 0 aromatic heterocycles. The number of guanidine groups is 1. The topological polar surface area (TPSA) is 54.9 Å². The predicted octanol–water partition coefficient (Wildman–Crippen LogP) is 4.42. The van der Waals surface area contributed by atoms with E-state index in [-0.39, 0.29) is 24.0 Å². The average Bonchev–Trinajstić information content (AvgIpc) is 2.71. The molecule has 160 valence electrons. The molecule has 0 spiro atoms. The van der Waals surface area contributed by atoms with Crippen molar-refractivity contribution in [3.05, 3.63) is 70.2 Å². The van der Waals surface area contributed by atoms with E-state index in [1.807, 2.05) is 31.2 Å². The van der Waals surface area contributed by atoms with Crippen molar-refractivity contribution in [2.45, 2.75) is 26.5 Å². The van der Waals surface area contributed by atoms with Crippen LogP contribution in [0.3, 0.4) is 0 Å². The molecule has 2 aromatic rings. The Morgan fingerprint density at radius 1 is 0.966 bits per heavy atom. The Hall–Kier alpha value is -1.35. The first kappa shape index (κ1) is 25.7. The van der Waals surface area contributed by atoms with E-state index < -0.39 is 0 Å². The minimum absolute atomic E-state index is 0. The smallest absolute Gasteiger partial charge is 0.191 e. The van der Waals surface area contributed by atoms with Crippen molar-refractivity contribution in [1.82, 2.24) is 10.6 Å². The molecule has 0 fully saturated rings. The van der Waals surface area contributed by atoms with Crippen LogP contribution in [0.25, 0.3) is 0 Å². The van der Waals surface area contributed by atoms with E-state index in [0.717, 1.165) is 36.1 Å². The maximum atomic E-state index is 6.03. The van der Waals surface area contributed by atoms with E-state index in [1.54, 1.807) is 7.05 Å². The highest BCUT2D eigenvalue weighted by Gasteiger charge is 2.01. The Kier molecular flexibility index (Phi) is 13.7. The van der Waals surface area contributed by atoms with Gasteiger partial charge in [0.2, 0.25) is 0 Å². The molecule has 0 bridgehead atoms. The fourth-order valence-corrected chi connectivity index (χ4v) is 2.92. The first-order chi connectivity index (χ1) is 13.7. The van der Waals surface area contributed by atoms with Gasteiger partial charge in [-0.3, -0.25) is 4.99 Å². The van der Waals surface area contributed by atoms with Gasteiger partial charge in [0.1, 0.15) is 0 Å². The summed E-state index contributed by atoms with van der Waals surface area (Å²) in [7, 11) is 1.78. The Labute approximate surface area is 196 Å². The van der Waals surface area contributed by atoms with E-state index in [0.29, 0.717) is 26.4 Å². The molecule has 0 saturated carbocycles. The molecule has 0 radical (unpaired) electrons. The zero-order valence-electron chi connectivity index (χ0n) is 17.1. The molecule has 0 aliphatic rings. The van der Waals surface area contributed by atoms with Crippen molar-refractivity contribution in [2.24, 2.45) is 4.99 Å². The average molecular weight is 532 g/mol. The van der Waals surface area contributed by atoms with Gasteiger partial charge in [0.05, 0.1) is 19.8 Å². The van der Waals surface area contributed by atoms with E-state index in [9.17, 15) is 0 Å². The normalized spacial score (nSPS) is 11.1. The molecule has 7 heteroatoms. The number of ether oxygens (including phenoxy) is 2. The minimum Gasteiger partial charge on any atom is -0.379 e. The molecule has 5 nitrogen and oxygen atoms in total. The maximum Gasteiger partial charge on any atom is 0.191 e. The number of hydrogen-bond donors (Lipinski definition) is 2. The fraction of sp³-hybridized carbons (Fsp3) is 0.409. The Morgan fingerprint density at radius 3 is 2.45 bits per heavy atom. The molecular weight excluding hydrogens is 501 g/mol. The third-order valence-electron chi connectivity index (χ3n) is 4.11. The van der Waals surface area contributed by atoms with E-state index in [2.05, 4.69) is 39.9 Å². The van der Waals surface area contributed by atoms with Crippen LogP contribution in [0.1, 0.15) is 23.6 Å². The molecule has 2 N–H and O–H groups in total. The molecule has 29 heavy (non-hydrogen) atoms. The monoisotopic (exact) mass is 531 g/mol. The number of aliphatic imine (C=N–C) groups is 1. The molecular formula is C22H31ClIN3O2. The third-order valence-corrected chi connectivity index (χ3v) is 4.35. The number of halogens is 2. The number of nitrogens with one attached hydrogen (secondary N) is 2. The van der Waals surface area contributed by atoms with Crippen molar-refractivity contribution < 1.29 is 9.47 Å². The van der Waals surface area contributed by atoms with Crippen LogP contribution in [0.2, 0.25) is 5.02 Å². The van der Waals surface area contributed by atoms with Gasteiger partial charge >= 0.3 is 0 Å². The van der Waals surface area contributed by atoms with Crippen LogP contribution in [0.15, 0.2) is 53.5 Å². The standard InChI is InChI=1S/C22H30ClN3O2.HI/c1-3-27-12-13-28-17-20-8-4-7-19(14-20)16-26-22(24-2)25-11-10-18-6-5-9-21(23)15-18;/h4-9,14-15H,3,10-13,16-17H2,1-2H3,(H2,24,25,26);1H. The van der Waals surface area contributed by atoms with E-state index >= 15 is 0 Å². The zero-order valence-corrected chi connectivity index (χ0v) is 20.2. The number of benzene rings is 2. The van der Waals surface area contributed by atoms with Gasteiger partial charge in [-0.2, -0.15) is 0 Å². The maximum absolute atomic E-state index is 6.03. The number of rotatable bonds is 11. The number of hydrogen-bond acceptors (Lipinski definition) is 3. The summed E-state index contributed by atoms with van der Waals surface area (Å²) in [4.78, 5) is 4.28. The van der Waals surface area contributed by atoms with Gasteiger partial charge in [-0.05, 0) is 42.2 Å². The van der Waals surface area contributed by atoms with Crippen molar-refractivity contribution in [3.63, 3.8) is 0 Å². The minimum atomic E-state index is 0. The first-order valence-electron chi connectivity index (χ1n) is 9.63. The van der Waals surface area contributed by atoms with Crippen molar-refractivity contribution in [3.8, 4) is 0 Å². The summed E-state index contributed by atoms with van der Waals surface area (Å²) in [5.74, 6) is 0.778. The summed E-state index contributed by atoms with van der Waals surface area (Å²) in [6.07, 6.45) is 0.885. The van der Waals surface area contributed by atoms with Crippen LogP contribution >= 0.6 is 35.6 Å². The second-order valence-corrected chi connectivity index (χ2v) is 6.74. The Morgan fingerprint density at radius 2 is 1.69 bits per heavy atom. The molecule has 0 unspecified atom stereocenters. The molecule has 0 heterocycles. The highest BCUT2D eigenvalue weighted by Crippen LogP contribution is 2.10. The van der Waals surface area contributed by atoms with Gasteiger partial charge in [0.15, 0.2) is 5.96 Å². The molecule has 0 aliphatic heterocycles. The van der Waals surface area contributed by atoms with Crippen molar-refractivity contribution in [2.75, 3.05) is 33.4 Å². The highest BCUT2D eigenvalue weighted by molar-refractivity contribution is 14.0.